The minimum atomic E-state index is -0.0948. The summed E-state index contributed by atoms with van der Waals surface area (Å²) in [5, 5.41) is 9.52. The fourth-order valence-corrected chi connectivity index (χ4v) is 11.5. The lowest BCUT2D eigenvalue weighted by Crippen LogP contribution is -2.67. The van der Waals surface area contributed by atoms with Crippen molar-refractivity contribution in [1.29, 1.82) is 5.26 Å². The molecule has 2 saturated heterocycles. The second-order valence-corrected chi connectivity index (χ2v) is 15.2. The summed E-state index contributed by atoms with van der Waals surface area (Å²) in [6.45, 7) is 18.5. The third kappa shape index (κ3) is 2.54. The van der Waals surface area contributed by atoms with Gasteiger partial charge >= 0.3 is 0 Å². The largest absolute Gasteiger partial charge is 0.377 e. The van der Waals surface area contributed by atoms with Gasteiger partial charge in [0.15, 0.2) is 0 Å². The smallest absolute Gasteiger partial charge is 0.0767 e. The van der Waals surface area contributed by atoms with Gasteiger partial charge in [-0.3, -0.25) is 0 Å². The average Bonchev–Trinajstić information content (AvgIpc) is 3.17. The molecule has 184 valence electrons. The van der Waals surface area contributed by atoms with Gasteiger partial charge in [-0.05, 0) is 109 Å². The topological polar surface area (TPSA) is 42.2 Å². The summed E-state index contributed by atoms with van der Waals surface area (Å²) in [7, 11) is 0. The standard InChI is InChI=1S/C30H47NO2/c1-25(2)13-15-30-16-14-27(5)19(23(30)24(25)32-18-30)8-9-21-28(27,6)12-10-20-26(3,4)22(11-17-31)33-29(20,21)7/h19-24H,8-16,18H2,1-7H3/t19-,20+,21+,22+,23+,24-,27-,28-,29+,30-/m1/s1. The average molecular weight is 454 g/mol. The molecule has 2 heterocycles. The highest BCUT2D eigenvalue weighted by molar-refractivity contribution is 5.22. The first kappa shape index (κ1) is 22.8. The van der Waals surface area contributed by atoms with Crippen molar-refractivity contribution in [1.82, 2.24) is 0 Å². The lowest BCUT2D eigenvalue weighted by molar-refractivity contribution is -0.244. The van der Waals surface area contributed by atoms with Gasteiger partial charge in [-0.1, -0.05) is 41.5 Å². The first-order valence-corrected chi connectivity index (χ1v) is 14.0. The minimum absolute atomic E-state index is 0.0726. The highest BCUT2D eigenvalue weighted by atomic mass is 16.5. The second-order valence-electron chi connectivity index (χ2n) is 15.2. The number of rotatable bonds is 1. The van der Waals surface area contributed by atoms with E-state index < -0.39 is 0 Å². The zero-order valence-electron chi connectivity index (χ0n) is 22.3. The van der Waals surface area contributed by atoms with E-state index in [4.69, 9.17) is 9.47 Å². The monoisotopic (exact) mass is 453 g/mol. The van der Waals surface area contributed by atoms with Crippen LogP contribution in [0.15, 0.2) is 0 Å². The van der Waals surface area contributed by atoms with Crippen LogP contribution < -0.4 is 0 Å². The molecule has 6 rings (SSSR count). The van der Waals surface area contributed by atoms with Crippen LogP contribution in [0.25, 0.3) is 0 Å². The van der Waals surface area contributed by atoms with Gasteiger partial charge in [-0.25, -0.2) is 0 Å². The summed E-state index contributed by atoms with van der Waals surface area (Å²) in [4.78, 5) is 0. The molecule has 3 nitrogen and oxygen atoms in total. The van der Waals surface area contributed by atoms with Gasteiger partial charge in [-0.2, -0.15) is 5.26 Å². The molecule has 6 fully saturated rings. The molecule has 33 heavy (non-hydrogen) atoms. The predicted octanol–water partition coefficient (Wildman–Crippen LogP) is 7.15. The highest BCUT2D eigenvalue weighted by Crippen LogP contribution is 2.77. The summed E-state index contributed by atoms with van der Waals surface area (Å²) >= 11 is 0. The zero-order chi connectivity index (χ0) is 23.7. The Morgan fingerprint density at radius 1 is 0.818 bits per heavy atom. The van der Waals surface area contributed by atoms with Gasteiger partial charge in [-0.15, -0.1) is 0 Å². The fraction of sp³-hybridized carbons (Fsp3) is 0.967. The van der Waals surface area contributed by atoms with Crippen molar-refractivity contribution < 1.29 is 9.47 Å². The third-order valence-corrected chi connectivity index (χ3v) is 13.6. The Kier molecular flexibility index (Phi) is 4.56. The maximum absolute atomic E-state index is 9.52. The maximum atomic E-state index is 9.52. The van der Waals surface area contributed by atoms with E-state index in [1.165, 1.54) is 51.4 Å². The molecule has 0 spiro atoms. The number of hydrogen-bond donors (Lipinski definition) is 0. The van der Waals surface area contributed by atoms with Crippen LogP contribution in [0.4, 0.5) is 0 Å². The molecule has 0 radical (unpaired) electrons. The summed E-state index contributed by atoms with van der Waals surface area (Å²) in [6.07, 6.45) is 11.7. The SMILES string of the molecule is CC1(C)CC[C@]23CC[C@]4(C)[C@H](CC[C@@H]5[C@@]6(C)O[C@@H](CC#N)C(C)(C)[C@@H]6CC[C@]54C)[C@H]2[C@H]1OC3. The summed E-state index contributed by atoms with van der Waals surface area (Å²) in [6, 6.07) is 2.44. The van der Waals surface area contributed by atoms with Crippen molar-refractivity contribution in [3.63, 3.8) is 0 Å². The maximum Gasteiger partial charge on any atom is 0.0767 e. The van der Waals surface area contributed by atoms with Crippen LogP contribution in [-0.4, -0.2) is 24.4 Å². The van der Waals surface area contributed by atoms with Crippen molar-refractivity contribution >= 4 is 0 Å². The van der Waals surface area contributed by atoms with Crippen molar-refractivity contribution in [2.24, 2.45) is 50.7 Å². The van der Waals surface area contributed by atoms with Crippen molar-refractivity contribution in [2.75, 3.05) is 6.61 Å². The van der Waals surface area contributed by atoms with E-state index in [-0.39, 0.29) is 17.1 Å². The van der Waals surface area contributed by atoms with Crippen LogP contribution in [0, 0.1) is 62.1 Å². The molecule has 0 aromatic rings. The quantitative estimate of drug-likeness (QED) is 0.423. The van der Waals surface area contributed by atoms with Crippen LogP contribution in [0.1, 0.15) is 106 Å². The Balaban J connectivity index is 1.39. The van der Waals surface area contributed by atoms with Crippen molar-refractivity contribution in [2.45, 2.75) is 124 Å². The van der Waals surface area contributed by atoms with E-state index in [2.05, 4.69) is 54.5 Å². The fourth-order valence-electron chi connectivity index (χ4n) is 11.5. The number of nitrogens with zero attached hydrogens (tertiary/aromatic N) is 1. The molecule has 0 amide bonds. The summed E-state index contributed by atoms with van der Waals surface area (Å²) in [5.41, 5.74) is 1.43. The molecule has 4 saturated carbocycles. The number of fused-ring (bicyclic) bond motifs is 5. The van der Waals surface area contributed by atoms with Gasteiger partial charge in [0.25, 0.3) is 0 Å². The molecule has 4 aliphatic carbocycles. The molecule has 0 aromatic heterocycles. The predicted molar refractivity (Wildman–Crippen MR) is 130 cm³/mol. The molecule has 2 aliphatic heterocycles. The Morgan fingerprint density at radius 3 is 2.27 bits per heavy atom. The van der Waals surface area contributed by atoms with Crippen LogP contribution in [0.3, 0.4) is 0 Å². The van der Waals surface area contributed by atoms with Crippen LogP contribution in [0.2, 0.25) is 0 Å². The Labute approximate surface area is 202 Å². The summed E-state index contributed by atoms with van der Waals surface area (Å²) < 4.78 is 13.7. The number of nitriles is 1. The first-order chi connectivity index (χ1) is 15.4. The molecule has 3 heteroatoms. The first-order valence-electron chi connectivity index (χ1n) is 14.0. The van der Waals surface area contributed by atoms with E-state index >= 15 is 0 Å². The van der Waals surface area contributed by atoms with Crippen molar-refractivity contribution in [3.05, 3.63) is 0 Å². The molecule has 0 aromatic carbocycles. The Bertz CT molecular complexity index is 888. The Morgan fingerprint density at radius 2 is 1.55 bits per heavy atom. The van der Waals surface area contributed by atoms with Crippen molar-refractivity contribution in [3.8, 4) is 6.07 Å². The summed E-state index contributed by atoms with van der Waals surface area (Å²) in [5.74, 6) is 2.68. The van der Waals surface area contributed by atoms with Crippen LogP contribution in [-0.2, 0) is 9.47 Å². The van der Waals surface area contributed by atoms with Gasteiger partial charge in [0.1, 0.15) is 0 Å². The molecular weight excluding hydrogens is 406 g/mol. The Hall–Kier alpha value is -0.590. The van der Waals surface area contributed by atoms with Gasteiger partial charge in [0, 0.05) is 0 Å². The number of hydrogen-bond acceptors (Lipinski definition) is 3. The van der Waals surface area contributed by atoms with Gasteiger partial charge in [0.05, 0.1) is 36.9 Å². The lowest BCUT2D eigenvalue weighted by Gasteiger charge is -2.70. The molecular formula is C30H47NO2. The third-order valence-electron chi connectivity index (χ3n) is 13.6. The minimum Gasteiger partial charge on any atom is -0.377 e. The zero-order valence-corrected chi connectivity index (χ0v) is 22.3. The lowest BCUT2D eigenvalue weighted by atomic mass is 9.34. The van der Waals surface area contributed by atoms with Gasteiger partial charge in [0.2, 0.25) is 0 Å². The normalized spacial score (nSPS) is 57.9. The molecule has 0 unspecified atom stereocenters. The van der Waals surface area contributed by atoms with Gasteiger partial charge < -0.3 is 9.47 Å². The van der Waals surface area contributed by atoms with Crippen LogP contribution >= 0.6 is 0 Å². The van der Waals surface area contributed by atoms with E-state index in [9.17, 15) is 5.26 Å². The molecule has 10 atom stereocenters. The van der Waals surface area contributed by atoms with E-state index in [0.29, 0.717) is 46.0 Å². The molecule has 6 aliphatic rings. The second kappa shape index (κ2) is 6.59. The van der Waals surface area contributed by atoms with E-state index in [1.807, 2.05) is 0 Å². The number of ether oxygens (including phenoxy) is 2. The van der Waals surface area contributed by atoms with Crippen LogP contribution in [0.5, 0.6) is 0 Å². The molecule has 0 N–H and O–H groups in total. The highest BCUT2D eigenvalue weighted by Gasteiger charge is 2.74. The molecule has 2 bridgehead atoms. The van der Waals surface area contributed by atoms with E-state index in [0.717, 1.165) is 18.4 Å². The van der Waals surface area contributed by atoms with E-state index in [1.54, 1.807) is 0 Å².